The minimum Gasteiger partial charge on any atom is -0.387 e. The summed E-state index contributed by atoms with van der Waals surface area (Å²) in [6, 6.07) is 1.91. The Morgan fingerprint density at radius 1 is 1.38 bits per heavy atom. The van der Waals surface area contributed by atoms with Crippen LogP contribution in [0.4, 0.5) is 8.78 Å². The van der Waals surface area contributed by atoms with Crippen LogP contribution in [0.2, 0.25) is 0 Å². The van der Waals surface area contributed by atoms with Crippen molar-refractivity contribution in [3.8, 4) is 0 Å². The van der Waals surface area contributed by atoms with Gasteiger partial charge in [0, 0.05) is 18.4 Å². The summed E-state index contributed by atoms with van der Waals surface area (Å²) in [7, 11) is -3.83. The molecule has 1 aromatic rings. The first kappa shape index (κ1) is 13.0. The molecule has 0 saturated heterocycles. The fourth-order valence-electron chi connectivity index (χ4n) is 1.22. The van der Waals surface area contributed by atoms with Crippen molar-refractivity contribution in [1.82, 2.24) is 0 Å². The van der Waals surface area contributed by atoms with E-state index in [-0.39, 0.29) is 12.1 Å². The SMILES string of the molecule is CS(=O)(=O)c1ccc(C(O)CN)c(F)c1F. The molecule has 0 spiro atoms. The lowest BCUT2D eigenvalue weighted by atomic mass is 10.1. The number of hydrogen-bond acceptors (Lipinski definition) is 4. The zero-order valence-electron chi connectivity index (χ0n) is 8.44. The van der Waals surface area contributed by atoms with Crippen LogP contribution in [0.25, 0.3) is 0 Å². The van der Waals surface area contributed by atoms with Crippen molar-refractivity contribution in [2.45, 2.75) is 11.0 Å². The van der Waals surface area contributed by atoms with Crippen molar-refractivity contribution >= 4 is 9.84 Å². The zero-order chi connectivity index (χ0) is 12.5. The van der Waals surface area contributed by atoms with E-state index in [1.165, 1.54) is 0 Å². The van der Waals surface area contributed by atoms with Crippen molar-refractivity contribution in [2.75, 3.05) is 12.8 Å². The maximum atomic E-state index is 13.4. The Morgan fingerprint density at radius 2 is 1.94 bits per heavy atom. The maximum absolute atomic E-state index is 13.4. The van der Waals surface area contributed by atoms with Crippen LogP contribution in [0.1, 0.15) is 11.7 Å². The van der Waals surface area contributed by atoms with E-state index < -0.39 is 32.5 Å². The smallest absolute Gasteiger partial charge is 0.178 e. The topological polar surface area (TPSA) is 80.4 Å². The second-order valence-electron chi connectivity index (χ2n) is 3.30. The van der Waals surface area contributed by atoms with Gasteiger partial charge >= 0.3 is 0 Å². The van der Waals surface area contributed by atoms with Crippen LogP contribution in [0.15, 0.2) is 17.0 Å². The molecule has 16 heavy (non-hydrogen) atoms. The highest BCUT2D eigenvalue weighted by molar-refractivity contribution is 7.90. The number of aliphatic hydroxyl groups excluding tert-OH is 1. The van der Waals surface area contributed by atoms with Crippen LogP contribution >= 0.6 is 0 Å². The fraction of sp³-hybridized carbons (Fsp3) is 0.333. The lowest BCUT2D eigenvalue weighted by Gasteiger charge is -2.11. The van der Waals surface area contributed by atoms with Gasteiger partial charge in [0.05, 0.1) is 6.10 Å². The molecule has 0 radical (unpaired) electrons. The molecule has 3 N–H and O–H groups in total. The summed E-state index contributed by atoms with van der Waals surface area (Å²) < 4.78 is 48.8. The summed E-state index contributed by atoms with van der Waals surface area (Å²) in [5, 5.41) is 9.25. The van der Waals surface area contributed by atoms with Gasteiger partial charge in [-0.1, -0.05) is 6.07 Å². The second-order valence-corrected chi connectivity index (χ2v) is 5.29. The summed E-state index contributed by atoms with van der Waals surface area (Å²) in [6.45, 7) is -0.283. The third-order valence-corrected chi connectivity index (χ3v) is 3.17. The number of sulfone groups is 1. The van der Waals surface area contributed by atoms with Gasteiger partial charge in [-0.3, -0.25) is 0 Å². The molecule has 1 atom stereocenters. The van der Waals surface area contributed by atoms with E-state index in [1.807, 2.05) is 0 Å². The van der Waals surface area contributed by atoms with Gasteiger partial charge in [0.25, 0.3) is 0 Å². The average Bonchev–Trinajstić information content (AvgIpc) is 2.19. The van der Waals surface area contributed by atoms with Gasteiger partial charge in [-0.25, -0.2) is 17.2 Å². The number of halogens is 2. The highest BCUT2D eigenvalue weighted by Crippen LogP contribution is 2.24. The van der Waals surface area contributed by atoms with Crippen LogP contribution < -0.4 is 5.73 Å². The standard InChI is InChI=1S/C9H11F2NO3S/c1-16(14,15)7-3-2-5(6(13)4-12)8(10)9(7)11/h2-3,6,13H,4,12H2,1H3. The molecule has 0 amide bonds. The Balaban J connectivity index is 3.41. The predicted octanol–water partition coefficient (Wildman–Crippen LogP) is 0.360. The van der Waals surface area contributed by atoms with E-state index in [9.17, 15) is 22.3 Å². The highest BCUT2D eigenvalue weighted by atomic mass is 32.2. The second kappa shape index (κ2) is 4.44. The van der Waals surface area contributed by atoms with E-state index in [1.54, 1.807) is 0 Å². The first-order valence-electron chi connectivity index (χ1n) is 4.35. The number of aliphatic hydroxyl groups is 1. The molecule has 0 bridgehead atoms. The maximum Gasteiger partial charge on any atom is 0.178 e. The molecule has 7 heteroatoms. The predicted molar refractivity (Wildman–Crippen MR) is 53.5 cm³/mol. The lowest BCUT2D eigenvalue weighted by Crippen LogP contribution is -2.15. The summed E-state index contributed by atoms with van der Waals surface area (Å²) in [4.78, 5) is -0.738. The van der Waals surface area contributed by atoms with Crippen molar-refractivity contribution in [1.29, 1.82) is 0 Å². The number of nitrogens with two attached hydrogens (primary N) is 1. The van der Waals surface area contributed by atoms with Gasteiger partial charge in [-0.05, 0) is 6.07 Å². The molecule has 1 unspecified atom stereocenters. The molecule has 0 aliphatic heterocycles. The molecule has 1 aromatic carbocycles. The molecule has 0 aromatic heterocycles. The van der Waals surface area contributed by atoms with Crippen molar-refractivity contribution in [2.24, 2.45) is 5.73 Å². The molecule has 90 valence electrons. The number of rotatable bonds is 3. The molecule has 0 saturated carbocycles. The van der Waals surface area contributed by atoms with E-state index in [2.05, 4.69) is 0 Å². The first-order valence-corrected chi connectivity index (χ1v) is 6.24. The van der Waals surface area contributed by atoms with E-state index in [0.29, 0.717) is 0 Å². The lowest BCUT2D eigenvalue weighted by molar-refractivity contribution is 0.180. The molecular weight excluding hydrogens is 240 g/mol. The Morgan fingerprint density at radius 3 is 2.38 bits per heavy atom. The Labute approximate surface area is 91.6 Å². The van der Waals surface area contributed by atoms with Crippen LogP contribution in [0.5, 0.6) is 0 Å². The molecule has 0 fully saturated rings. The van der Waals surface area contributed by atoms with Crippen molar-refractivity contribution in [3.05, 3.63) is 29.3 Å². The Kier molecular flexibility index (Phi) is 3.61. The van der Waals surface area contributed by atoms with Gasteiger partial charge < -0.3 is 10.8 Å². The van der Waals surface area contributed by atoms with Crippen LogP contribution in [0, 0.1) is 11.6 Å². The Bertz CT molecular complexity index is 502. The summed E-state index contributed by atoms with van der Waals surface area (Å²) >= 11 is 0. The number of hydrogen-bond donors (Lipinski definition) is 2. The largest absolute Gasteiger partial charge is 0.387 e. The number of benzene rings is 1. The molecule has 0 aliphatic rings. The van der Waals surface area contributed by atoms with E-state index in [0.717, 1.165) is 18.4 Å². The molecule has 0 aliphatic carbocycles. The summed E-state index contributed by atoms with van der Waals surface area (Å²) in [5.41, 5.74) is 4.74. The van der Waals surface area contributed by atoms with Crippen molar-refractivity contribution in [3.63, 3.8) is 0 Å². The first-order chi connectivity index (χ1) is 7.29. The van der Waals surface area contributed by atoms with Gasteiger partial charge in [-0.2, -0.15) is 0 Å². The quantitative estimate of drug-likeness (QED) is 0.812. The summed E-state index contributed by atoms with van der Waals surface area (Å²) in [6.07, 6.45) is -0.590. The average molecular weight is 251 g/mol. The third kappa shape index (κ3) is 2.37. The fourth-order valence-corrected chi connectivity index (χ4v) is 1.95. The monoisotopic (exact) mass is 251 g/mol. The zero-order valence-corrected chi connectivity index (χ0v) is 9.26. The van der Waals surface area contributed by atoms with Gasteiger partial charge in [0.2, 0.25) is 0 Å². The van der Waals surface area contributed by atoms with Crippen molar-refractivity contribution < 1.29 is 22.3 Å². The molecule has 1 rings (SSSR count). The molecular formula is C9H11F2NO3S. The van der Waals surface area contributed by atoms with Crippen LogP contribution in [-0.2, 0) is 9.84 Å². The molecule has 0 heterocycles. The summed E-state index contributed by atoms with van der Waals surface area (Å²) in [5.74, 6) is -2.88. The minimum atomic E-state index is -3.83. The minimum absolute atomic E-state index is 0.283. The van der Waals surface area contributed by atoms with Gasteiger partial charge in [-0.15, -0.1) is 0 Å². The normalized spacial score (nSPS) is 13.8. The van der Waals surface area contributed by atoms with E-state index in [4.69, 9.17) is 5.73 Å². The van der Waals surface area contributed by atoms with E-state index >= 15 is 0 Å². The van der Waals surface area contributed by atoms with Crippen LogP contribution in [-0.4, -0.2) is 26.3 Å². The highest BCUT2D eigenvalue weighted by Gasteiger charge is 2.22. The Hall–Kier alpha value is -1.05. The van der Waals surface area contributed by atoms with Crippen LogP contribution in [0.3, 0.4) is 0 Å². The van der Waals surface area contributed by atoms with Gasteiger partial charge in [0.1, 0.15) is 4.90 Å². The van der Waals surface area contributed by atoms with Gasteiger partial charge in [0.15, 0.2) is 21.5 Å². The molecule has 4 nitrogen and oxygen atoms in total. The third-order valence-electron chi connectivity index (χ3n) is 2.06.